The van der Waals surface area contributed by atoms with Crippen molar-refractivity contribution >= 4 is 11.6 Å². The molecule has 1 N–H and O–H groups in total. The van der Waals surface area contributed by atoms with Gasteiger partial charge in [0.1, 0.15) is 19.0 Å². The molecule has 5 heteroatoms. The molecule has 0 aliphatic carbocycles. The van der Waals surface area contributed by atoms with E-state index >= 15 is 0 Å². The first-order valence-corrected chi connectivity index (χ1v) is 6.19. The molecule has 0 saturated carbocycles. The van der Waals surface area contributed by atoms with Gasteiger partial charge in [0.15, 0.2) is 0 Å². The van der Waals surface area contributed by atoms with Crippen LogP contribution in [0.5, 0.6) is 5.75 Å². The number of nitrogens with zero attached hydrogens (tertiary/aromatic N) is 1. The quantitative estimate of drug-likeness (QED) is 0.876. The minimum atomic E-state index is -0.186. The third-order valence-electron chi connectivity index (χ3n) is 2.53. The molecule has 1 amide bonds. The van der Waals surface area contributed by atoms with Gasteiger partial charge in [0.25, 0.3) is 0 Å². The first-order valence-electron chi connectivity index (χ1n) is 6.19. The molecule has 0 radical (unpaired) electrons. The van der Waals surface area contributed by atoms with Crippen LogP contribution in [0.25, 0.3) is 0 Å². The molecule has 0 bridgehead atoms. The number of methoxy groups -OCH3 is 1. The second kappa shape index (κ2) is 7.25. The Kier molecular flexibility index (Phi) is 5.08. The summed E-state index contributed by atoms with van der Waals surface area (Å²) in [6.45, 7) is 0.453. The van der Waals surface area contributed by atoms with Gasteiger partial charge in [0, 0.05) is 19.0 Å². The molecule has 1 aromatic heterocycles. The maximum Gasteiger partial charge on any atom is 0.250 e. The summed E-state index contributed by atoms with van der Waals surface area (Å²) in [7, 11) is 1.48. The SMILES string of the molecule is COCC(=O)Nc1ccc(OCc2ccccn2)cc1. The third-order valence-corrected chi connectivity index (χ3v) is 2.53. The molecule has 0 fully saturated rings. The van der Waals surface area contributed by atoms with Gasteiger partial charge in [-0.1, -0.05) is 6.07 Å². The van der Waals surface area contributed by atoms with Crippen LogP contribution in [-0.2, 0) is 16.1 Å². The predicted molar refractivity (Wildman–Crippen MR) is 75.5 cm³/mol. The van der Waals surface area contributed by atoms with Gasteiger partial charge in [-0.3, -0.25) is 9.78 Å². The van der Waals surface area contributed by atoms with Gasteiger partial charge in [-0.15, -0.1) is 0 Å². The van der Waals surface area contributed by atoms with Crippen molar-refractivity contribution in [1.82, 2.24) is 4.98 Å². The molecule has 0 aliphatic rings. The van der Waals surface area contributed by atoms with Gasteiger partial charge >= 0.3 is 0 Å². The highest BCUT2D eigenvalue weighted by molar-refractivity contribution is 5.91. The minimum absolute atomic E-state index is 0.0396. The summed E-state index contributed by atoms with van der Waals surface area (Å²) in [6.07, 6.45) is 1.73. The van der Waals surface area contributed by atoms with Crippen molar-refractivity contribution < 1.29 is 14.3 Å². The van der Waals surface area contributed by atoms with Crippen LogP contribution in [0.15, 0.2) is 48.7 Å². The monoisotopic (exact) mass is 272 g/mol. The number of carbonyl (C=O) groups is 1. The topological polar surface area (TPSA) is 60.5 Å². The van der Waals surface area contributed by atoms with Crippen molar-refractivity contribution in [3.05, 3.63) is 54.4 Å². The molecule has 20 heavy (non-hydrogen) atoms. The Morgan fingerprint density at radius 2 is 2.00 bits per heavy atom. The molecular formula is C15H16N2O3. The highest BCUT2D eigenvalue weighted by atomic mass is 16.5. The molecule has 0 saturated heterocycles. The zero-order valence-electron chi connectivity index (χ0n) is 11.2. The van der Waals surface area contributed by atoms with Crippen LogP contribution < -0.4 is 10.1 Å². The highest BCUT2D eigenvalue weighted by Crippen LogP contribution is 2.16. The second-order valence-corrected chi connectivity index (χ2v) is 4.12. The van der Waals surface area contributed by atoms with Crippen LogP contribution in [0.2, 0.25) is 0 Å². The van der Waals surface area contributed by atoms with Crippen molar-refractivity contribution in [2.24, 2.45) is 0 Å². The molecule has 2 rings (SSSR count). The molecule has 1 heterocycles. The summed E-state index contributed by atoms with van der Waals surface area (Å²) >= 11 is 0. The van der Waals surface area contributed by atoms with E-state index in [4.69, 9.17) is 9.47 Å². The number of aromatic nitrogens is 1. The maximum atomic E-state index is 11.3. The van der Waals surface area contributed by atoms with Gasteiger partial charge in [-0.05, 0) is 36.4 Å². The van der Waals surface area contributed by atoms with Crippen molar-refractivity contribution in [2.45, 2.75) is 6.61 Å². The van der Waals surface area contributed by atoms with Crippen LogP contribution in [0.1, 0.15) is 5.69 Å². The first-order chi connectivity index (χ1) is 9.78. The van der Waals surface area contributed by atoms with E-state index in [-0.39, 0.29) is 12.5 Å². The fourth-order valence-electron chi connectivity index (χ4n) is 1.60. The van der Waals surface area contributed by atoms with Crippen LogP contribution in [0.4, 0.5) is 5.69 Å². The standard InChI is InChI=1S/C15H16N2O3/c1-19-11-15(18)17-12-5-7-14(8-6-12)20-10-13-4-2-3-9-16-13/h2-9H,10-11H2,1H3,(H,17,18). The zero-order valence-corrected chi connectivity index (χ0v) is 11.2. The van der Waals surface area contributed by atoms with E-state index in [9.17, 15) is 4.79 Å². The van der Waals surface area contributed by atoms with E-state index in [1.165, 1.54) is 7.11 Å². The van der Waals surface area contributed by atoms with Gasteiger partial charge in [0.05, 0.1) is 5.69 Å². The maximum absolute atomic E-state index is 11.3. The summed E-state index contributed by atoms with van der Waals surface area (Å²) in [5, 5.41) is 2.71. The summed E-state index contributed by atoms with van der Waals surface area (Å²) in [5.74, 6) is 0.537. The Morgan fingerprint density at radius 1 is 1.20 bits per heavy atom. The Morgan fingerprint density at radius 3 is 2.65 bits per heavy atom. The summed E-state index contributed by atoms with van der Waals surface area (Å²) < 4.78 is 10.3. The zero-order chi connectivity index (χ0) is 14.2. The number of anilines is 1. The Labute approximate surface area is 117 Å². The average molecular weight is 272 g/mol. The number of pyridine rings is 1. The summed E-state index contributed by atoms with van der Waals surface area (Å²) in [5.41, 5.74) is 1.57. The second-order valence-electron chi connectivity index (χ2n) is 4.12. The van der Waals surface area contributed by atoms with Crippen molar-refractivity contribution in [1.29, 1.82) is 0 Å². The van der Waals surface area contributed by atoms with Crippen molar-refractivity contribution in [2.75, 3.05) is 19.0 Å². The first kappa shape index (κ1) is 14.0. The van der Waals surface area contributed by atoms with E-state index in [1.807, 2.05) is 18.2 Å². The Bertz CT molecular complexity index is 541. The Balaban J connectivity index is 1.87. The van der Waals surface area contributed by atoms with Crippen LogP contribution in [0, 0.1) is 0 Å². The summed E-state index contributed by atoms with van der Waals surface area (Å²) in [6, 6.07) is 12.8. The molecule has 0 unspecified atom stereocenters. The van der Waals surface area contributed by atoms with E-state index in [0.717, 1.165) is 11.4 Å². The molecule has 0 atom stereocenters. The normalized spacial score (nSPS) is 10.1. The molecule has 0 spiro atoms. The largest absolute Gasteiger partial charge is 0.487 e. The average Bonchev–Trinajstić information content (AvgIpc) is 2.48. The molecule has 1 aromatic carbocycles. The molecule has 104 valence electrons. The van der Waals surface area contributed by atoms with E-state index in [0.29, 0.717) is 12.3 Å². The lowest BCUT2D eigenvalue weighted by atomic mass is 10.3. The van der Waals surface area contributed by atoms with E-state index < -0.39 is 0 Å². The smallest absolute Gasteiger partial charge is 0.250 e. The summed E-state index contributed by atoms with van der Waals surface area (Å²) in [4.78, 5) is 15.5. The van der Waals surface area contributed by atoms with E-state index in [1.54, 1.807) is 30.5 Å². The molecule has 0 aliphatic heterocycles. The number of ether oxygens (including phenoxy) is 2. The minimum Gasteiger partial charge on any atom is -0.487 e. The number of hydrogen-bond donors (Lipinski definition) is 1. The van der Waals surface area contributed by atoms with Crippen LogP contribution in [0.3, 0.4) is 0 Å². The number of nitrogens with one attached hydrogen (secondary N) is 1. The lowest BCUT2D eigenvalue weighted by Crippen LogP contribution is -2.16. The van der Waals surface area contributed by atoms with E-state index in [2.05, 4.69) is 10.3 Å². The van der Waals surface area contributed by atoms with Crippen LogP contribution >= 0.6 is 0 Å². The van der Waals surface area contributed by atoms with Crippen molar-refractivity contribution in [3.8, 4) is 5.75 Å². The van der Waals surface area contributed by atoms with Gasteiger partial charge in [-0.25, -0.2) is 0 Å². The van der Waals surface area contributed by atoms with Gasteiger partial charge in [-0.2, -0.15) is 0 Å². The predicted octanol–water partition coefficient (Wildman–Crippen LogP) is 2.25. The molecule has 2 aromatic rings. The van der Waals surface area contributed by atoms with Gasteiger partial charge < -0.3 is 14.8 Å². The number of benzene rings is 1. The number of rotatable bonds is 6. The lowest BCUT2D eigenvalue weighted by molar-refractivity contribution is -0.119. The number of hydrogen-bond acceptors (Lipinski definition) is 4. The lowest BCUT2D eigenvalue weighted by Gasteiger charge is -2.07. The highest BCUT2D eigenvalue weighted by Gasteiger charge is 2.02. The molecule has 5 nitrogen and oxygen atoms in total. The fraction of sp³-hybridized carbons (Fsp3) is 0.200. The number of amides is 1. The van der Waals surface area contributed by atoms with Crippen molar-refractivity contribution in [3.63, 3.8) is 0 Å². The molecular weight excluding hydrogens is 256 g/mol. The Hall–Kier alpha value is -2.40. The number of carbonyl (C=O) groups excluding carboxylic acids is 1. The third kappa shape index (κ3) is 4.37. The van der Waals surface area contributed by atoms with Crippen LogP contribution in [-0.4, -0.2) is 24.6 Å². The fourth-order valence-corrected chi connectivity index (χ4v) is 1.60. The van der Waals surface area contributed by atoms with Gasteiger partial charge in [0.2, 0.25) is 5.91 Å².